The number of ether oxygens (including phenoxy) is 1. The van der Waals surface area contributed by atoms with E-state index in [0.29, 0.717) is 23.9 Å². The zero-order valence-electron chi connectivity index (χ0n) is 11.7. The normalized spacial score (nSPS) is 18.6. The zero-order chi connectivity index (χ0) is 13.8. The lowest BCUT2D eigenvalue weighted by Gasteiger charge is -2.27. The number of anilines is 2. The average molecular weight is 262 g/mol. The fraction of sp³-hybridized carbons (Fsp3) is 0.533. The molecular formula is C15H22N2O2. The second-order valence-electron chi connectivity index (χ2n) is 4.89. The highest BCUT2D eigenvalue weighted by molar-refractivity contribution is 5.92. The van der Waals surface area contributed by atoms with Crippen molar-refractivity contribution in [2.45, 2.75) is 39.2 Å². The number of esters is 1. The minimum absolute atomic E-state index is 0.311. The summed E-state index contributed by atoms with van der Waals surface area (Å²) in [5.41, 5.74) is 8.32. The first kappa shape index (κ1) is 13.7. The second kappa shape index (κ2) is 5.95. The van der Waals surface area contributed by atoms with Gasteiger partial charge < -0.3 is 15.4 Å². The Hall–Kier alpha value is -1.71. The van der Waals surface area contributed by atoms with Crippen molar-refractivity contribution in [2.75, 3.05) is 23.8 Å². The van der Waals surface area contributed by atoms with Gasteiger partial charge in [-0.25, -0.2) is 4.79 Å². The van der Waals surface area contributed by atoms with E-state index in [2.05, 4.69) is 11.8 Å². The molecule has 2 rings (SSSR count). The fourth-order valence-electron chi connectivity index (χ4n) is 2.73. The lowest BCUT2D eigenvalue weighted by Crippen LogP contribution is -2.29. The molecule has 0 amide bonds. The van der Waals surface area contributed by atoms with Gasteiger partial charge in [0, 0.05) is 12.6 Å². The molecule has 0 aromatic heterocycles. The van der Waals surface area contributed by atoms with Gasteiger partial charge in [0.2, 0.25) is 0 Å². The zero-order valence-corrected chi connectivity index (χ0v) is 11.7. The van der Waals surface area contributed by atoms with Crippen LogP contribution in [-0.2, 0) is 4.74 Å². The molecule has 0 spiro atoms. The number of nitrogen functional groups attached to an aromatic ring is 1. The molecule has 4 heteroatoms. The van der Waals surface area contributed by atoms with Crippen molar-refractivity contribution in [1.29, 1.82) is 0 Å². The van der Waals surface area contributed by atoms with Gasteiger partial charge in [-0.2, -0.15) is 0 Å². The number of rotatable bonds is 4. The Morgan fingerprint density at radius 3 is 2.89 bits per heavy atom. The quantitative estimate of drug-likeness (QED) is 0.669. The van der Waals surface area contributed by atoms with E-state index in [9.17, 15) is 4.79 Å². The lowest BCUT2D eigenvalue weighted by atomic mass is 10.1. The van der Waals surface area contributed by atoms with Gasteiger partial charge in [0.05, 0.1) is 23.5 Å². The van der Waals surface area contributed by atoms with Crippen molar-refractivity contribution in [3.63, 3.8) is 0 Å². The molecule has 19 heavy (non-hydrogen) atoms. The van der Waals surface area contributed by atoms with Crippen LogP contribution in [0.15, 0.2) is 18.2 Å². The largest absolute Gasteiger partial charge is 0.462 e. The number of nitrogens with zero attached hydrogens (tertiary/aromatic N) is 1. The van der Waals surface area contributed by atoms with Crippen LogP contribution < -0.4 is 10.6 Å². The van der Waals surface area contributed by atoms with Crippen LogP contribution >= 0.6 is 0 Å². The van der Waals surface area contributed by atoms with Gasteiger partial charge in [0.25, 0.3) is 0 Å². The first-order valence-electron chi connectivity index (χ1n) is 7.00. The molecule has 1 saturated heterocycles. The van der Waals surface area contributed by atoms with Crippen molar-refractivity contribution < 1.29 is 9.53 Å². The number of nitrogens with two attached hydrogens (primary N) is 1. The average Bonchev–Trinajstić information content (AvgIpc) is 2.87. The van der Waals surface area contributed by atoms with Gasteiger partial charge in [-0.1, -0.05) is 6.92 Å². The predicted octanol–water partition coefficient (Wildman–Crippen LogP) is 2.82. The molecular weight excluding hydrogens is 240 g/mol. The highest BCUT2D eigenvalue weighted by Crippen LogP contribution is 2.32. The van der Waals surface area contributed by atoms with Gasteiger partial charge in [-0.05, 0) is 44.4 Å². The Morgan fingerprint density at radius 2 is 2.26 bits per heavy atom. The first-order valence-corrected chi connectivity index (χ1v) is 7.00. The number of carbonyl (C=O) groups excluding carboxylic acids is 1. The third kappa shape index (κ3) is 2.83. The van der Waals surface area contributed by atoms with Crippen LogP contribution in [0.4, 0.5) is 11.4 Å². The van der Waals surface area contributed by atoms with Gasteiger partial charge in [-0.3, -0.25) is 0 Å². The lowest BCUT2D eigenvalue weighted by molar-refractivity contribution is 0.0526. The van der Waals surface area contributed by atoms with Crippen molar-refractivity contribution in [2.24, 2.45) is 0 Å². The Balaban J connectivity index is 2.22. The van der Waals surface area contributed by atoms with Crippen molar-refractivity contribution >= 4 is 17.3 Å². The third-order valence-electron chi connectivity index (χ3n) is 3.70. The summed E-state index contributed by atoms with van der Waals surface area (Å²) in [6, 6.07) is 6.03. The SMILES string of the molecule is CCOC(=O)c1ccc(N2CCCC2CC)c(N)c1. The topological polar surface area (TPSA) is 55.6 Å². The Bertz CT molecular complexity index is 459. The standard InChI is InChI=1S/C15H22N2O2/c1-3-12-6-5-9-17(12)14-8-7-11(10-13(14)16)15(18)19-4-2/h7-8,10,12H,3-6,9,16H2,1-2H3. The summed E-state index contributed by atoms with van der Waals surface area (Å²) < 4.78 is 4.98. The van der Waals surface area contributed by atoms with E-state index in [1.807, 2.05) is 6.07 Å². The summed E-state index contributed by atoms with van der Waals surface area (Å²) in [4.78, 5) is 14.0. The minimum atomic E-state index is -0.311. The molecule has 1 atom stereocenters. The summed E-state index contributed by atoms with van der Waals surface area (Å²) in [6.45, 7) is 5.42. The summed E-state index contributed by atoms with van der Waals surface area (Å²) in [5.74, 6) is -0.311. The molecule has 0 saturated carbocycles. The fourth-order valence-corrected chi connectivity index (χ4v) is 2.73. The third-order valence-corrected chi connectivity index (χ3v) is 3.70. The van der Waals surface area contributed by atoms with E-state index in [1.165, 1.54) is 12.8 Å². The maximum absolute atomic E-state index is 11.7. The number of benzene rings is 1. The Morgan fingerprint density at radius 1 is 1.47 bits per heavy atom. The molecule has 1 aliphatic heterocycles. The van der Waals surface area contributed by atoms with E-state index < -0.39 is 0 Å². The predicted molar refractivity (Wildman–Crippen MR) is 77.5 cm³/mol. The van der Waals surface area contributed by atoms with Gasteiger partial charge >= 0.3 is 5.97 Å². The molecule has 1 aromatic rings. The molecule has 0 radical (unpaired) electrons. The summed E-state index contributed by atoms with van der Waals surface area (Å²) in [7, 11) is 0. The van der Waals surface area contributed by atoms with Crippen molar-refractivity contribution in [3.05, 3.63) is 23.8 Å². The van der Waals surface area contributed by atoms with Gasteiger partial charge in [-0.15, -0.1) is 0 Å². The van der Waals surface area contributed by atoms with Crippen LogP contribution in [0.3, 0.4) is 0 Å². The Labute approximate surface area is 114 Å². The van der Waals surface area contributed by atoms with Crippen LogP contribution in [0.2, 0.25) is 0 Å². The van der Waals surface area contributed by atoms with E-state index in [-0.39, 0.29) is 5.97 Å². The number of hydrogen-bond acceptors (Lipinski definition) is 4. The molecule has 1 aliphatic rings. The van der Waals surface area contributed by atoms with Gasteiger partial charge in [0.1, 0.15) is 0 Å². The molecule has 1 unspecified atom stereocenters. The second-order valence-corrected chi connectivity index (χ2v) is 4.89. The van der Waals surface area contributed by atoms with Gasteiger partial charge in [0.15, 0.2) is 0 Å². The van der Waals surface area contributed by atoms with E-state index >= 15 is 0 Å². The number of carbonyl (C=O) groups is 1. The summed E-state index contributed by atoms with van der Waals surface area (Å²) in [5, 5.41) is 0. The smallest absolute Gasteiger partial charge is 0.338 e. The Kier molecular flexibility index (Phi) is 4.30. The maximum atomic E-state index is 11.7. The van der Waals surface area contributed by atoms with Crippen molar-refractivity contribution in [1.82, 2.24) is 0 Å². The van der Waals surface area contributed by atoms with Crippen LogP contribution in [0.1, 0.15) is 43.5 Å². The van der Waals surface area contributed by atoms with Crippen LogP contribution in [0.25, 0.3) is 0 Å². The van der Waals surface area contributed by atoms with Crippen LogP contribution in [-0.4, -0.2) is 25.2 Å². The molecule has 1 fully saturated rings. The minimum Gasteiger partial charge on any atom is -0.462 e. The van der Waals surface area contributed by atoms with E-state index in [0.717, 1.165) is 18.7 Å². The summed E-state index contributed by atoms with van der Waals surface area (Å²) >= 11 is 0. The monoisotopic (exact) mass is 262 g/mol. The molecule has 4 nitrogen and oxygen atoms in total. The van der Waals surface area contributed by atoms with Crippen LogP contribution in [0.5, 0.6) is 0 Å². The van der Waals surface area contributed by atoms with E-state index in [4.69, 9.17) is 10.5 Å². The molecule has 2 N–H and O–H groups in total. The summed E-state index contributed by atoms with van der Waals surface area (Å²) in [6.07, 6.45) is 3.55. The van der Waals surface area contributed by atoms with E-state index in [1.54, 1.807) is 19.1 Å². The first-order chi connectivity index (χ1) is 9.17. The molecule has 1 aromatic carbocycles. The maximum Gasteiger partial charge on any atom is 0.338 e. The number of hydrogen-bond donors (Lipinski definition) is 1. The highest BCUT2D eigenvalue weighted by atomic mass is 16.5. The molecule has 1 heterocycles. The molecule has 0 aliphatic carbocycles. The molecule has 0 bridgehead atoms. The van der Waals surface area contributed by atoms with Crippen molar-refractivity contribution in [3.8, 4) is 0 Å². The molecule has 104 valence electrons. The van der Waals surface area contributed by atoms with Crippen LogP contribution in [0, 0.1) is 0 Å². The highest BCUT2D eigenvalue weighted by Gasteiger charge is 2.24.